The summed E-state index contributed by atoms with van der Waals surface area (Å²) in [6.07, 6.45) is 2.83. The first-order valence-corrected chi connectivity index (χ1v) is 6.37. The zero-order chi connectivity index (χ0) is 14.2. The number of nitriles is 1. The number of benzene rings is 1. The number of hydrogen-bond donors (Lipinski definition) is 1. The summed E-state index contributed by atoms with van der Waals surface area (Å²) in [5.74, 6) is 1.42. The standard InChI is InChI=1S/C15H16N4O/c1-20-14-4-2-12(3-5-14)7-10-17-15-18-11-8-13(19-15)6-9-16/h2-5,8,11H,6-7,10H2,1H3,(H,17,18,19). The third kappa shape index (κ3) is 3.95. The van der Waals surface area contributed by atoms with Gasteiger partial charge in [0.1, 0.15) is 5.75 Å². The number of anilines is 1. The monoisotopic (exact) mass is 268 g/mol. The van der Waals surface area contributed by atoms with Gasteiger partial charge < -0.3 is 10.1 Å². The first-order chi connectivity index (χ1) is 9.81. The van der Waals surface area contributed by atoms with Crippen molar-refractivity contribution >= 4 is 5.95 Å². The maximum atomic E-state index is 8.64. The molecule has 2 rings (SSSR count). The van der Waals surface area contributed by atoms with E-state index in [1.165, 1.54) is 5.56 Å². The molecule has 20 heavy (non-hydrogen) atoms. The van der Waals surface area contributed by atoms with Crippen LogP contribution < -0.4 is 10.1 Å². The maximum Gasteiger partial charge on any atom is 0.222 e. The van der Waals surface area contributed by atoms with Crippen LogP contribution in [-0.2, 0) is 12.8 Å². The van der Waals surface area contributed by atoms with Gasteiger partial charge in [0.15, 0.2) is 0 Å². The number of ether oxygens (including phenoxy) is 1. The molecule has 0 saturated carbocycles. The Morgan fingerprint density at radius 1 is 1.25 bits per heavy atom. The lowest BCUT2D eigenvalue weighted by atomic mass is 10.1. The van der Waals surface area contributed by atoms with Crippen LogP contribution in [0.25, 0.3) is 0 Å². The van der Waals surface area contributed by atoms with Gasteiger partial charge >= 0.3 is 0 Å². The van der Waals surface area contributed by atoms with Crippen molar-refractivity contribution in [3.8, 4) is 11.8 Å². The summed E-state index contributed by atoms with van der Waals surface area (Å²) < 4.78 is 5.12. The molecule has 0 bridgehead atoms. The molecular formula is C15H16N4O. The normalized spacial score (nSPS) is 9.80. The van der Waals surface area contributed by atoms with Gasteiger partial charge in [-0.1, -0.05) is 12.1 Å². The van der Waals surface area contributed by atoms with E-state index in [0.717, 1.165) is 24.4 Å². The van der Waals surface area contributed by atoms with E-state index < -0.39 is 0 Å². The summed E-state index contributed by atoms with van der Waals surface area (Å²) in [5.41, 5.74) is 1.95. The molecule has 5 heteroatoms. The molecule has 0 fully saturated rings. The zero-order valence-electron chi connectivity index (χ0n) is 11.3. The summed E-state index contributed by atoms with van der Waals surface area (Å²) in [6.45, 7) is 0.738. The van der Waals surface area contributed by atoms with E-state index in [-0.39, 0.29) is 0 Å². The van der Waals surface area contributed by atoms with Gasteiger partial charge in [-0.3, -0.25) is 0 Å². The van der Waals surface area contributed by atoms with Crippen LogP contribution in [0.5, 0.6) is 5.75 Å². The van der Waals surface area contributed by atoms with Crippen LogP contribution in [0.4, 0.5) is 5.95 Å². The Hall–Kier alpha value is -2.61. The smallest absolute Gasteiger partial charge is 0.222 e. The number of aromatic nitrogens is 2. The second kappa shape index (κ2) is 7.10. The lowest BCUT2D eigenvalue weighted by molar-refractivity contribution is 0.414. The molecule has 0 spiro atoms. The van der Waals surface area contributed by atoms with E-state index in [1.807, 2.05) is 24.3 Å². The van der Waals surface area contributed by atoms with Crippen LogP contribution in [0.15, 0.2) is 36.5 Å². The lowest BCUT2D eigenvalue weighted by Gasteiger charge is -2.06. The fraction of sp³-hybridized carbons (Fsp3) is 0.267. The number of hydrogen-bond acceptors (Lipinski definition) is 5. The Balaban J connectivity index is 1.86. The highest BCUT2D eigenvalue weighted by Gasteiger charge is 1.99. The molecule has 1 heterocycles. The third-order valence-electron chi connectivity index (χ3n) is 2.83. The van der Waals surface area contributed by atoms with Crippen LogP contribution in [0.2, 0.25) is 0 Å². The Bertz CT molecular complexity index is 590. The number of nitrogens with one attached hydrogen (secondary N) is 1. The fourth-order valence-corrected chi connectivity index (χ4v) is 1.77. The molecule has 1 aromatic heterocycles. The van der Waals surface area contributed by atoms with E-state index in [9.17, 15) is 0 Å². The highest BCUT2D eigenvalue weighted by Crippen LogP contribution is 2.11. The van der Waals surface area contributed by atoms with Gasteiger partial charge in [-0.05, 0) is 30.2 Å². The minimum absolute atomic E-state index is 0.301. The summed E-state index contributed by atoms with van der Waals surface area (Å²) >= 11 is 0. The Kier molecular flexibility index (Phi) is 4.90. The number of methoxy groups -OCH3 is 1. The van der Waals surface area contributed by atoms with Crippen LogP contribution in [0, 0.1) is 11.3 Å². The first-order valence-electron chi connectivity index (χ1n) is 6.37. The van der Waals surface area contributed by atoms with E-state index in [1.54, 1.807) is 19.4 Å². The minimum Gasteiger partial charge on any atom is -0.497 e. The molecule has 0 unspecified atom stereocenters. The summed E-state index contributed by atoms with van der Waals surface area (Å²) in [7, 11) is 1.65. The van der Waals surface area contributed by atoms with Crippen molar-refractivity contribution < 1.29 is 4.74 Å². The third-order valence-corrected chi connectivity index (χ3v) is 2.83. The first kappa shape index (κ1) is 13.8. The molecular weight excluding hydrogens is 252 g/mol. The van der Waals surface area contributed by atoms with Crippen molar-refractivity contribution in [2.75, 3.05) is 19.0 Å². The van der Waals surface area contributed by atoms with Gasteiger partial charge in [-0.2, -0.15) is 5.26 Å². The Labute approximate surface area is 118 Å². The molecule has 0 aliphatic heterocycles. The van der Waals surface area contributed by atoms with Crippen LogP contribution in [0.3, 0.4) is 0 Å². The van der Waals surface area contributed by atoms with E-state index >= 15 is 0 Å². The second-order valence-corrected chi connectivity index (χ2v) is 4.23. The Morgan fingerprint density at radius 3 is 2.75 bits per heavy atom. The van der Waals surface area contributed by atoms with E-state index in [0.29, 0.717) is 12.4 Å². The molecule has 0 radical (unpaired) electrons. The summed E-state index contributed by atoms with van der Waals surface area (Å²) in [4.78, 5) is 8.38. The molecule has 0 aliphatic rings. The maximum absolute atomic E-state index is 8.64. The van der Waals surface area contributed by atoms with E-state index in [2.05, 4.69) is 21.4 Å². The molecule has 0 amide bonds. The van der Waals surface area contributed by atoms with Crippen molar-refractivity contribution in [3.05, 3.63) is 47.8 Å². The van der Waals surface area contributed by atoms with Gasteiger partial charge in [0.05, 0.1) is 25.3 Å². The molecule has 2 aromatic rings. The SMILES string of the molecule is COc1ccc(CCNc2nccc(CC#N)n2)cc1. The largest absolute Gasteiger partial charge is 0.497 e. The molecule has 0 aliphatic carbocycles. The molecule has 0 atom stereocenters. The summed E-state index contributed by atoms with van der Waals surface area (Å²) in [6, 6.07) is 11.8. The Morgan fingerprint density at radius 2 is 2.05 bits per heavy atom. The lowest BCUT2D eigenvalue weighted by Crippen LogP contribution is -2.08. The molecule has 1 N–H and O–H groups in total. The van der Waals surface area contributed by atoms with Crippen LogP contribution >= 0.6 is 0 Å². The molecule has 102 valence electrons. The topological polar surface area (TPSA) is 70.8 Å². The van der Waals surface area contributed by atoms with Gasteiger partial charge in [-0.15, -0.1) is 0 Å². The number of rotatable bonds is 6. The highest BCUT2D eigenvalue weighted by atomic mass is 16.5. The average molecular weight is 268 g/mol. The molecule has 0 saturated heterocycles. The van der Waals surface area contributed by atoms with Gasteiger partial charge in [-0.25, -0.2) is 9.97 Å². The number of nitrogens with zero attached hydrogens (tertiary/aromatic N) is 3. The predicted octanol–water partition coefficient (Wildman–Crippen LogP) is 2.21. The average Bonchev–Trinajstić information content (AvgIpc) is 2.49. The summed E-state index contributed by atoms with van der Waals surface area (Å²) in [5, 5.41) is 11.8. The molecule has 5 nitrogen and oxygen atoms in total. The minimum atomic E-state index is 0.301. The quantitative estimate of drug-likeness (QED) is 0.869. The van der Waals surface area contributed by atoms with Gasteiger partial charge in [0, 0.05) is 12.7 Å². The van der Waals surface area contributed by atoms with Crippen LogP contribution in [-0.4, -0.2) is 23.6 Å². The predicted molar refractivity (Wildman–Crippen MR) is 76.5 cm³/mol. The van der Waals surface area contributed by atoms with Gasteiger partial charge in [0.25, 0.3) is 0 Å². The highest BCUT2D eigenvalue weighted by molar-refractivity contribution is 5.29. The van der Waals surface area contributed by atoms with Crippen molar-refractivity contribution in [1.82, 2.24) is 9.97 Å². The van der Waals surface area contributed by atoms with Crippen molar-refractivity contribution in [3.63, 3.8) is 0 Å². The second-order valence-electron chi connectivity index (χ2n) is 4.23. The zero-order valence-corrected chi connectivity index (χ0v) is 11.3. The van der Waals surface area contributed by atoms with Crippen molar-refractivity contribution in [2.45, 2.75) is 12.8 Å². The van der Waals surface area contributed by atoms with E-state index in [4.69, 9.17) is 10.00 Å². The van der Waals surface area contributed by atoms with Crippen molar-refractivity contribution in [2.24, 2.45) is 0 Å². The van der Waals surface area contributed by atoms with Crippen molar-refractivity contribution in [1.29, 1.82) is 5.26 Å². The molecule has 1 aromatic carbocycles. The fourth-order valence-electron chi connectivity index (χ4n) is 1.77. The van der Waals surface area contributed by atoms with Gasteiger partial charge in [0.2, 0.25) is 5.95 Å². The van der Waals surface area contributed by atoms with Crippen LogP contribution in [0.1, 0.15) is 11.3 Å².